The maximum atomic E-state index is 12.3. The number of para-hydroxylation sites is 1. The third-order valence-corrected chi connectivity index (χ3v) is 4.50. The van der Waals surface area contributed by atoms with E-state index in [0.717, 1.165) is 11.1 Å². The number of hydrogen-bond acceptors (Lipinski definition) is 4. The van der Waals surface area contributed by atoms with Gasteiger partial charge in [0.15, 0.2) is 5.70 Å². The summed E-state index contributed by atoms with van der Waals surface area (Å²) in [6.07, 6.45) is 1.66. The molecule has 0 fully saturated rings. The Bertz CT molecular complexity index is 1070. The van der Waals surface area contributed by atoms with Gasteiger partial charge in [-0.1, -0.05) is 72.3 Å². The Morgan fingerprint density at radius 2 is 1.64 bits per heavy atom. The van der Waals surface area contributed by atoms with Crippen LogP contribution in [0.3, 0.4) is 0 Å². The molecule has 3 aromatic carbocycles. The molecule has 0 atom stereocenters. The lowest BCUT2D eigenvalue weighted by molar-refractivity contribution is -0.129. The van der Waals surface area contributed by atoms with E-state index in [4.69, 9.17) is 21.1 Å². The molecule has 0 aromatic heterocycles. The van der Waals surface area contributed by atoms with Crippen molar-refractivity contribution in [3.63, 3.8) is 0 Å². The number of hydrogen-bond donors (Lipinski definition) is 0. The largest absolute Gasteiger partial charge is 0.488 e. The van der Waals surface area contributed by atoms with Crippen LogP contribution in [0.4, 0.5) is 0 Å². The van der Waals surface area contributed by atoms with Gasteiger partial charge in [0.05, 0.1) is 10.6 Å². The topological polar surface area (TPSA) is 47.9 Å². The summed E-state index contributed by atoms with van der Waals surface area (Å²) in [5.74, 6) is 0.338. The Morgan fingerprint density at radius 1 is 0.929 bits per heavy atom. The molecule has 0 saturated carbocycles. The summed E-state index contributed by atoms with van der Waals surface area (Å²) in [7, 11) is 0. The molecule has 0 saturated heterocycles. The number of ether oxygens (including phenoxy) is 2. The van der Waals surface area contributed by atoms with Crippen LogP contribution in [0.2, 0.25) is 5.02 Å². The number of esters is 1. The van der Waals surface area contributed by atoms with E-state index in [1.54, 1.807) is 24.3 Å². The molecule has 4 rings (SSSR count). The quantitative estimate of drug-likeness (QED) is 0.441. The van der Waals surface area contributed by atoms with E-state index in [-0.39, 0.29) is 11.6 Å². The van der Waals surface area contributed by atoms with E-state index >= 15 is 0 Å². The van der Waals surface area contributed by atoms with Crippen molar-refractivity contribution in [2.24, 2.45) is 4.99 Å². The molecule has 1 aliphatic heterocycles. The van der Waals surface area contributed by atoms with Gasteiger partial charge in [-0.15, -0.1) is 0 Å². The zero-order valence-corrected chi connectivity index (χ0v) is 15.6. The summed E-state index contributed by atoms with van der Waals surface area (Å²) < 4.78 is 11.2. The fourth-order valence-corrected chi connectivity index (χ4v) is 2.99. The van der Waals surface area contributed by atoms with Crippen molar-refractivity contribution in [2.75, 3.05) is 0 Å². The molecule has 4 nitrogen and oxygen atoms in total. The SMILES string of the molecule is O=C1OC(c2ccccc2Cl)=NC1=Cc1ccccc1OCc1ccccc1. The Balaban J connectivity index is 1.60. The molecule has 0 N–H and O–H groups in total. The highest BCUT2D eigenvalue weighted by Gasteiger charge is 2.25. The van der Waals surface area contributed by atoms with E-state index in [1.165, 1.54) is 0 Å². The second-order valence-electron chi connectivity index (χ2n) is 6.13. The van der Waals surface area contributed by atoms with Gasteiger partial charge in [-0.2, -0.15) is 0 Å². The average Bonchev–Trinajstić information content (AvgIpc) is 3.08. The van der Waals surface area contributed by atoms with Crippen molar-refractivity contribution in [3.8, 4) is 5.75 Å². The van der Waals surface area contributed by atoms with Gasteiger partial charge < -0.3 is 9.47 Å². The maximum Gasteiger partial charge on any atom is 0.363 e. The minimum Gasteiger partial charge on any atom is -0.488 e. The van der Waals surface area contributed by atoms with Crippen molar-refractivity contribution < 1.29 is 14.3 Å². The lowest BCUT2D eigenvalue weighted by Gasteiger charge is -2.09. The van der Waals surface area contributed by atoms with E-state index in [2.05, 4.69) is 4.99 Å². The van der Waals surface area contributed by atoms with Gasteiger partial charge in [-0.25, -0.2) is 9.79 Å². The van der Waals surface area contributed by atoms with E-state index < -0.39 is 5.97 Å². The molecule has 1 aliphatic rings. The second kappa shape index (κ2) is 8.11. The van der Waals surface area contributed by atoms with Crippen LogP contribution in [-0.2, 0) is 16.1 Å². The first kappa shape index (κ1) is 18.0. The van der Waals surface area contributed by atoms with Gasteiger partial charge in [0.2, 0.25) is 5.90 Å². The molecule has 138 valence electrons. The fraction of sp³-hybridized carbons (Fsp3) is 0.0435. The van der Waals surface area contributed by atoms with Crippen LogP contribution in [-0.4, -0.2) is 11.9 Å². The molecular weight excluding hydrogens is 374 g/mol. The molecule has 28 heavy (non-hydrogen) atoms. The van der Waals surface area contributed by atoms with Crippen LogP contribution in [0.25, 0.3) is 6.08 Å². The number of rotatable bonds is 5. The zero-order valence-electron chi connectivity index (χ0n) is 14.8. The first-order valence-corrected chi connectivity index (χ1v) is 9.12. The Kier molecular flexibility index (Phi) is 5.22. The van der Waals surface area contributed by atoms with Crippen molar-refractivity contribution in [2.45, 2.75) is 6.61 Å². The minimum atomic E-state index is -0.521. The molecule has 0 bridgehead atoms. The van der Waals surface area contributed by atoms with Crippen LogP contribution >= 0.6 is 11.6 Å². The summed E-state index contributed by atoms with van der Waals surface area (Å²) in [6.45, 7) is 0.430. The van der Waals surface area contributed by atoms with Crippen LogP contribution in [0.1, 0.15) is 16.7 Å². The number of carbonyl (C=O) groups is 1. The molecule has 3 aromatic rings. The van der Waals surface area contributed by atoms with Gasteiger partial charge in [-0.3, -0.25) is 0 Å². The zero-order chi connectivity index (χ0) is 19.3. The first-order chi connectivity index (χ1) is 13.7. The molecule has 0 unspecified atom stereocenters. The molecular formula is C23H16ClNO3. The van der Waals surface area contributed by atoms with Crippen molar-refractivity contribution >= 4 is 29.5 Å². The predicted octanol–water partition coefficient (Wildman–Crippen LogP) is 5.26. The number of aliphatic imine (C=N–C) groups is 1. The van der Waals surface area contributed by atoms with Gasteiger partial charge in [0, 0.05) is 5.56 Å². The highest BCUT2D eigenvalue weighted by atomic mass is 35.5. The molecule has 1 heterocycles. The number of nitrogens with zero attached hydrogens (tertiary/aromatic N) is 1. The van der Waals surface area contributed by atoms with Crippen LogP contribution in [0.15, 0.2) is 89.6 Å². The highest BCUT2D eigenvalue weighted by Crippen LogP contribution is 2.27. The fourth-order valence-electron chi connectivity index (χ4n) is 2.77. The summed E-state index contributed by atoms with van der Waals surface area (Å²) in [5.41, 5.74) is 2.58. The number of benzene rings is 3. The normalized spacial score (nSPS) is 14.7. The lowest BCUT2D eigenvalue weighted by atomic mass is 10.1. The summed E-state index contributed by atoms with van der Waals surface area (Å²) >= 11 is 6.17. The molecule has 0 amide bonds. The Hall–Kier alpha value is -3.37. The van der Waals surface area contributed by atoms with Crippen molar-refractivity contribution in [1.82, 2.24) is 0 Å². The van der Waals surface area contributed by atoms with Crippen LogP contribution in [0, 0.1) is 0 Å². The van der Waals surface area contributed by atoms with E-state index in [9.17, 15) is 4.79 Å². The van der Waals surface area contributed by atoms with Crippen molar-refractivity contribution in [1.29, 1.82) is 0 Å². The number of halogens is 1. The third-order valence-electron chi connectivity index (χ3n) is 4.17. The van der Waals surface area contributed by atoms with Gasteiger partial charge >= 0.3 is 5.97 Å². The van der Waals surface area contributed by atoms with Gasteiger partial charge in [0.1, 0.15) is 12.4 Å². The standard InChI is InChI=1S/C23H16ClNO3/c24-19-12-6-5-11-18(19)22-25-20(23(26)28-22)14-17-10-4-7-13-21(17)27-15-16-8-2-1-3-9-16/h1-14H,15H2. The van der Waals surface area contributed by atoms with Crippen LogP contribution in [0.5, 0.6) is 5.75 Å². The molecule has 5 heteroatoms. The first-order valence-electron chi connectivity index (χ1n) is 8.74. The second-order valence-corrected chi connectivity index (χ2v) is 6.54. The molecule has 0 radical (unpaired) electrons. The highest BCUT2D eigenvalue weighted by molar-refractivity contribution is 6.34. The summed E-state index contributed by atoms with van der Waals surface area (Å²) in [5, 5.41) is 0.474. The number of carbonyl (C=O) groups excluding carboxylic acids is 1. The number of cyclic esters (lactones) is 1. The third kappa shape index (κ3) is 3.97. The maximum absolute atomic E-state index is 12.3. The van der Waals surface area contributed by atoms with Gasteiger partial charge in [0.25, 0.3) is 0 Å². The van der Waals surface area contributed by atoms with Crippen LogP contribution < -0.4 is 4.74 Å². The summed E-state index contributed by atoms with van der Waals surface area (Å²) in [4.78, 5) is 16.6. The summed E-state index contributed by atoms with van der Waals surface area (Å²) in [6, 6.07) is 24.5. The molecule has 0 spiro atoms. The van der Waals surface area contributed by atoms with E-state index in [1.807, 2.05) is 60.7 Å². The Labute approximate surface area is 167 Å². The lowest BCUT2D eigenvalue weighted by Crippen LogP contribution is -2.05. The predicted molar refractivity (Wildman–Crippen MR) is 109 cm³/mol. The Morgan fingerprint density at radius 3 is 2.46 bits per heavy atom. The molecule has 0 aliphatic carbocycles. The van der Waals surface area contributed by atoms with E-state index in [0.29, 0.717) is 22.9 Å². The minimum absolute atomic E-state index is 0.199. The average molecular weight is 390 g/mol. The van der Waals surface area contributed by atoms with Gasteiger partial charge in [-0.05, 0) is 29.8 Å². The monoisotopic (exact) mass is 389 g/mol. The van der Waals surface area contributed by atoms with Crippen molar-refractivity contribution in [3.05, 3.63) is 106 Å². The smallest absolute Gasteiger partial charge is 0.363 e.